The Hall–Kier alpha value is -2.63. The largest absolute Gasteiger partial charge is 0.478 e. The number of ether oxygens (including phenoxy) is 1. The van der Waals surface area contributed by atoms with E-state index in [1.54, 1.807) is 30.5 Å². The summed E-state index contributed by atoms with van der Waals surface area (Å²) in [5, 5.41) is 12.1. The zero-order chi connectivity index (χ0) is 14.4. The number of carboxylic acids is 1. The molecule has 0 fully saturated rings. The molecule has 0 amide bonds. The van der Waals surface area contributed by atoms with Crippen molar-refractivity contribution in [3.63, 3.8) is 0 Å². The molecule has 0 radical (unpaired) electrons. The minimum absolute atomic E-state index is 0.183. The Morgan fingerprint density at radius 1 is 1.35 bits per heavy atom. The molecule has 2 rings (SSSR count). The molecule has 6 heteroatoms. The predicted molar refractivity (Wildman–Crippen MR) is 74.5 cm³/mol. The van der Waals surface area contributed by atoms with Crippen molar-refractivity contribution in [2.75, 3.05) is 11.9 Å². The lowest BCUT2D eigenvalue weighted by molar-refractivity contribution is 0.0698. The van der Waals surface area contributed by atoms with Gasteiger partial charge in [-0.25, -0.2) is 9.78 Å². The molecule has 0 bridgehead atoms. The lowest BCUT2D eigenvalue weighted by Gasteiger charge is -2.09. The van der Waals surface area contributed by atoms with Gasteiger partial charge < -0.3 is 15.2 Å². The van der Waals surface area contributed by atoms with Crippen molar-refractivity contribution in [2.45, 2.75) is 13.3 Å². The van der Waals surface area contributed by atoms with Gasteiger partial charge in [0.15, 0.2) is 0 Å². The van der Waals surface area contributed by atoms with Gasteiger partial charge in [0.1, 0.15) is 5.82 Å². The van der Waals surface area contributed by atoms with E-state index < -0.39 is 5.97 Å². The van der Waals surface area contributed by atoms with Crippen molar-refractivity contribution in [1.82, 2.24) is 9.97 Å². The summed E-state index contributed by atoms with van der Waals surface area (Å²) in [6, 6.07) is 8.55. The molecule has 0 aliphatic rings. The predicted octanol–water partition coefficient (Wildman–Crippen LogP) is 2.71. The minimum Gasteiger partial charge on any atom is -0.478 e. The highest BCUT2D eigenvalue weighted by Gasteiger charge is 2.09. The number of hydrogen-bond donors (Lipinski definition) is 2. The second-order valence-electron chi connectivity index (χ2n) is 4.05. The van der Waals surface area contributed by atoms with E-state index in [-0.39, 0.29) is 11.6 Å². The van der Waals surface area contributed by atoms with Crippen LogP contribution in [0.15, 0.2) is 36.5 Å². The molecule has 2 N–H and O–H groups in total. The quantitative estimate of drug-likeness (QED) is 0.841. The van der Waals surface area contributed by atoms with Gasteiger partial charge in [0, 0.05) is 6.20 Å². The number of nitrogens with zero attached hydrogens (tertiary/aromatic N) is 2. The van der Waals surface area contributed by atoms with Crippen LogP contribution in [0.4, 0.5) is 11.5 Å². The Morgan fingerprint density at radius 3 is 2.90 bits per heavy atom. The van der Waals surface area contributed by atoms with Gasteiger partial charge in [-0.2, -0.15) is 4.98 Å². The molecular formula is C14H15N3O3. The van der Waals surface area contributed by atoms with Gasteiger partial charge in [-0.15, -0.1) is 0 Å². The van der Waals surface area contributed by atoms with Crippen LogP contribution >= 0.6 is 0 Å². The first-order chi connectivity index (χ1) is 9.70. The number of aromatic carboxylic acids is 1. The molecule has 0 saturated heterocycles. The number of aromatic nitrogens is 2. The van der Waals surface area contributed by atoms with E-state index in [1.165, 1.54) is 6.07 Å². The van der Waals surface area contributed by atoms with Gasteiger partial charge in [0.25, 0.3) is 0 Å². The van der Waals surface area contributed by atoms with Crippen LogP contribution < -0.4 is 10.1 Å². The van der Waals surface area contributed by atoms with Crippen LogP contribution in [0.25, 0.3) is 0 Å². The SMILES string of the molecule is CCCOc1nccc(Nc2ccccc2C(=O)O)n1. The average molecular weight is 273 g/mol. The zero-order valence-corrected chi connectivity index (χ0v) is 11.0. The van der Waals surface area contributed by atoms with Crippen molar-refractivity contribution >= 4 is 17.5 Å². The molecule has 6 nitrogen and oxygen atoms in total. The summed E-state index contributed by atoms with van der Waals surface area (Å²) in [5.74, 6) is -0.510. The number of anilines is 2. The summed E-state index contributed by atoms with van der Waals surface area (Å²) in [6.07, 6.45) is 2.42. The molecule has 1 aromatic carbocycles. The maximum atomic E-state index is 11.1. The van der Waals surface area contributed by atoms with E-state index in [4.69, 9.17) is 9.84 Å². The van der Waals surface area contributed by atoms with Crippen LogP contribution in [0.5, 0.6) is 6.01 Å². The van der Waals surface area contributed by atoms with E-state index >= 15 is 0 Å². The van der Waals surface area contributed by atoms with Crippen LogP contribution in [0.2, 0.25) is 0 Å². The smallest absolute Gasteiger partial charge is 0.337 e. The number of hydrogen-bond acceptors (Lipinski definition) is 5. The fraction of sp³-hybridized carbons (Fsp3) is 0.214. The highest BCUT2D eigenvalue weighted by atomic mass is 16.5. The maximum Gasteiger partial charge on any atom is 0.337 e. The fourth-order valence-electron chi connectivity index (χ4n) is 1.59. The highest BCUT2D eigenvalue weighted by molar-refractivity contribution is 5.94. The molecule has 20 heavy (non-hydrogen) atoms. The van der Waals surface area contributed by atoms with E-state index in [2.05, 4.69) is 15.3 Å². The third kappa shape index (κ3) is 3.44. The third-order valence-corrected chi connectivity index (χ3v) is 2.49. The lowest BCUT2D eigenvalue weighted by Crippen LogP contribution is -2.05. The third-order valence-electron chi connectivity index (χ3n) is 2.49. The lowest BCUT2D eigenvalue weighted by atomic mass is 10.2. The monoisotopic (exact) mass is 273 g/mol. The molecule has 2 aromatic rings. The molecule has 0 saturated carbocycles. The Morgan fingerprint density at radius 2 is 2.15 bits per heavy atom. The van der Waals surface area contributed by atoms with E-state index in [0.717, 1.165) is 6.42 Å². The number of carbonyl (C=O) groups is 1. The van der Waals surface area contributed by atoms with Gasteiger partial charge in [-0.3, -0.25) is 0 Å². The first-order valence-electron chi connectivity index (χ1n) is 6.26. The Bertz CT molecular complexity index is 602. The van der Waals surface area contributed by atoms with E-state index in [0.29, 0.717) is 18.1 Å². The molecule has 0 spiro atoms. The van der Waals surface area contributed by atoms with Gasteiger partial charge in [0.2, 0.25) is 0 Å². The van der Waals surface area contributed by atoms with Crippen LogP contribution in [0.3, 0.4) is 0 Å². The van der Waals surface area contributed by atoms with Crippen LogP contribution in [-0.2, 0) is 0 Å². The highest BCUT2D eigenvalue weighted by Crippen LogP contribution is 2.20. The Labute approximate surface area is 116 Å². The first-order valence-corrected chi connectivity index (χ1v) is 6.26. The maximum absolute atomic E-state index is 11.1. The molecule has 104 valence electrons. The standard InChI is InChI=1S/C14H15N3O3/c1-2-9-20-14-15-8-7-12(17-14)16-11-6-4-3-5-10(11)13(18)19/h3-8H,2,9H2,1H3,(H,18,19)(H,15,16,17). The van der Waals surface area contributed by atoms with E-state index in [1.807, 2.05) is 6.92 Å². The van der Waals surface area contributed by atoms with Crippen molar-refractivity contribution in [3.05, 3.63) is 42.1 Å². The van der Waals surface area contributed by atoms with Gasteiger partial charge in [-0.1, -0.05) is 19.1 Å². The van der Waals surface area contributed by atoms with Gasteiger partial charge in [-0.05, 0) is 24.6 Å². The van der Waals surface area contributed by atoms with Crippen LogP contribution in [-0.4, -0.2) is 27.7 Å². The molecule has 1 heterocycles. The molecule has 0 unspecified atom stereocenters. The summed E-state index contributed by atoms with van der Waals surface area (Å²) in [4.78, 5) is 19.3. The molecule has 1 aromatic heterocycles. The zero-order valence-electron chi connectivity index (χ0n) is 11.0. The number of para-hydroxylation sites is 1. The number of nitrogens with one attached hydrogen (secondary N) is 1. The second-order valence-corrected chi connectivity index (χ2v) is 4.05. The number of rotatable bonds is 6. The van der Waals surface area contributed by atoms with Crippen molar-refractivity contribution in [2.24, 2.45) is 0 Å². The van der Waals surface area contributed by atoms with Crippen molar-refractivity contribution < 1.29 is 14.6 Å². The Balaban J connectivity index is 2.20. The summed E-state index contributed by atoms with van der Waals surface area (Å²) in [5.41, 5.74) is 0.655. The second kappa shape index (κ2) is 6.51. The van der Waals surface area contributed by atoms with Crippen LogP contribution in [0, 0.1) is 0 Å². The molecule has 0 atom stereocenters. The first kappa shape index (κ1) is 13.8. The van der Waals surface area contributed by atoms with Crippen molar-refractivity contribution in [1.29, 1.82) is 0 Å². The molecule has 0 aliphatic carbocycles. The summed E-state index contributed by atoms with van der Waals surface area (Å²) < 4.78 is 5.33. The minimum atomic E-state index is -0.996. The van der Waals surface area contributed by atoms with E-state index in [9.17, 15) is 4.79 Å². The summed E-state index contributed by atoms with van der Waals surface area (Å²) >= 11 is 0. The van der Waals surface area contributed by atoms with Crippen LogP contribution in [0.1, 0.15) is 23.7 Å². The Kier molecular flexibility index (Phi) is 4.49. The summed E-state index contributed by atoms with van der Waals surface area (Å²) in [6.45, 7) is 2.53. The molecule has 0 aliphatic heterocycles. The fourth-order valence-corrected chi connectivity index (χ4v) is 1.59. The normalized spacial score (nSPS) is 10.1. The topological polar surface area (TPSA) is 84.3 Å². The van der Waals surface area contributed by atoms with Gasteiger partial charge >= 0.3 is 12.0 Å². The number of carboxylic acid groups (broad SMARTS) is 1. The molecular weight excluding hydrogens is 258 g/mol. The number of benzene rings is 1. The average Bonchev–Trinajstić information content (AvgIpc) is 2.46. The van der Waals surface area contributed by atoms with Crippen molar-refractivity contribution in [3.8, 4) is 6.01 Å². The summed E-state index contributed by atoms with van der Waals surface area (Å²) in [7, 11) is 0. The van der Waals surface area contributed by atoms with Gasteiger partial charge in [0.05, 0.1) is 17.9 Å².